The van der Waals surface area contributed by atoms with Gasteiger partial charge >= 0.3 is 0 Å². The van der Waals surface area contributed by atoms with Crippen molar-refractivity contribution >= 4 is 0 Å². The third kappa shape index (κ3) is 3.12. The van der Waals surface area contributed by atoms with Crippen LogP contribution in [0, 0.1) is 12.7 Å². The van der Waals surface area contributed by atoms with Crippen LogP contribution in [0.4, 0.5) is 4.39 Å². The van der Waals surface area contributed by atoms with E-state index in [9.17, 15) is 4.39 Å². The van der Waals surface area contributed by atoms with Crippen LogP contribution in [0.1, 0.15) is 22.7 Å². The van der Waals surface area contributed by atoms with Crippen molar-refractivity contribution in [2.45, 2.75) is 19.4 Å². The van der Waals surface area contributed by atoms with Crippen molar-refractivity contribution in [3.63, 3.8) is 0 Å². The fourth-order valence-corrected chi connectivity index (χ4v) is 2.06. The molecule has 0 heterocycles. The maximum absolute atomic E-state index is 14.1. The molecule has 2 rings (SSSR count). The molecule has 0 aliphatic heterocycles. The first-order valence-corrected chi connectivity index (χ1v) is 6.25. The molecule has 100 valence electrons. The molecule has 0 radical (unpaired) electrons. The maximum Gasteiger partial charge on any atom is 0.169 e. The second kappa shape index (κ2) is 5.85. The maximum atomic E-state index is 14.1. The van der Waals surface area contributed by atoms with Gasteiger partial charge in [0.15, 0.2) is 11.6 Å². The molecule has 2 nitrogen and oxygen atoms in total. The lowest BCUT2D eigenvalue weighted by Gasteiger charge is -2.15. The summed E-state index contributed by atoms with van der Waals surface area (Å²) in [5, 5.41) is 0. The summed E-state index contributed by atoms with van der Waals surface area (Å²) in [6.07, 6.45) is 0.602. The monoisotopic (exact) mass is 259 g/mol. The number of rotatable bonds is 4. The first-order valence-electron chi connectivity index (χ1n) is 6.25. The molecule has 0 spiro atoms. The van der Waals surface area contributed by atoms with E-state index in [0.29, 0.717) is 12.0 Å². The van der Waals surface area contributed by atoms with Gasteiger partial charge in [-0.3, -0.25) is 0 Å². The van der Waals surface area contributed by atoms with Gasteiger partial charge < -0.3 is 10.5 Å². The summed E-state index contributed by atoms with van der Waals surface area (Å²) >= 11 is 0. The highest BCUT2D eigenvalue weighted by atomic mass is 19.1. The largest absolute Gasteiger partial charge is 0.494 e. The van der Waals surface area contributed by atoms with E-state index in [1.54, 1.807) is 18.2 Å². The first-order chi connectivity index (χ1) is 9.11. The van der Waals surface area contributed by atoms with Gasteiger partial charge in [0.05, 0.1) is 7.11 Å². The molecule has 0 saturated carbocycles. The van der Waals surface area contributed by atoms with E-state index in [-0.39, 0.29) is 17.6 Å². The molecular weight excluding hydrogens is 241 g/mol. The Bertz CT molecular complexity index is 551. The summed E-state index contributed by atoms with van der Waals surface area (Å²) in [7, 11) is 1.45. The van der Waals surface area contributed by atoms with Crippen molar-refractivity contribution in [1.29, 1.82) is 0 Å². The predicted octanol–water partition coefficient (Wildman–Crippen LogP) is 3.39. The molecule has 3 heteroatoms. The van der Waals surface area contributed by atoms with E-state index in [1.165, 1.54) is 12.7 Å². The molecule has 2 aromatic carbocycles. The van der Waals surface area contributed by atoms with E-state index in [4.69, 9.17) is 10.5 Å². The highest BCUT2D eigenvalue weighted by Gasteiger charge is 2.15. The highest BCUT2D eigenvalue weighted by molar-refractivity contribution is 5.34. The normalized spacial score (nSPS) is 12.2. The minimum absolute atomic E-state index is 0.233. The summed E-state index contributed by atoms with van der Waals surface area (Å²) in [4.78, 5) is 0. The second-order valence-electron chi connectivity index (χ2n) is 4.66. The van der Waals surface area contributed by atoms with Gasteiger partial charge in [-0.2, -0.15) is 0 Å². The third-order valence-electron chi connectivity index (χ3n) is 3.19. The fourth-order valence-electron chi connectivity index (χ4n) is 2.06. The number of hydrogen-bond donors (Lipinski definition) is 1. The third-order valence-corrected chi connectivity index (χ3v) is 3.19. The van der Waals surface area contributed by atoms with Gasteiger partial charge in [-0.25, -0.2) is 4.39 Å². The van der Waals surface area contributed by atoms with Crippen LogP contribution in [0.3, 0.4) is 0 Å². The van der Waals surface area contributed by atoms with Crippen LogP contribution < -0.4 is 10.5 Å². The zero-order valence-electron chi connectivity index (χ0n) is 11.2. The van der Waals surface area contributed by atoms with E-state index in [1.807, 2.05) is 31.2 Å². The Morgan fingerprint density at radius 1 is 1.16 bits per heavy atom. The highest BCUT2D eigenvalue weighted by Crippen LogP contribution is 2.25. The Hall–Kier alpha value is -1.87. The van der Waals surface area contributed by atoms with Gasteiger partial charge in [0.25, 0.3) is 0 Å². The fraction of sp³-hybridized carbons (Fsp3) is 0.250. The molecule has 2 aromatic rings. The lowest BCUT2D eigenvalue weighted by molar-refractivity contribution is 0.382. The van der Waals surface area contributed by atoms with Crippen molar-refractivity contribution < 1.29 is 9.13 Å². The van der Waals surface area contributed by atoms with Crippen LogP contribution in [0.15, 0.2) is 42.5 Å². The quantitative estimate of drug-likeness (QED) is 0.913. The van der Waals surface area contributed by atoms with Crippen molar-refractivity contribution in [2.75, 3.05) is 7.11 Å². The van der Waals surface area contributed by atoms with Gasteiger partial charge in [0.2, 0.25) is 0 Å². The molecule has 0 amide bonds. The molecule has 1 unspecified atom stereocenters. The number of benzene rings is 2. The summed E-state index contributed by atoms with van der Waals surface area (Å²) < 4.78 is 19.1. The molecule has 19 heavy (non-hydrogen) atoms. The molecule has 0 aliphatic rings. The summed E-state index contributed by atoms with van der Waals surface area (Å²) in [6.45, 7) is 2.03. The molecule has 0 fully saturated rings. The number of halogens is 1. The Labute approximate surface area is 113 Å². The number of aryl methyl sites for hydroxylation is 1. The molecule has 0 bridgehead atoms. The van der Waals surface area contributed by atoms with Crippen LogP contribution in [0.2, 0.25) is 0 Å². The zero-order valence-corrected chi connectivity index (χ0v) is 11.2. The molecule has 0 aromatic heterocycles. The average Bonchev–Trinajstić information content (AvgIpc) is 2.41. The average molecular weight is 259 g/mol. The standard InChI is InChI=1S/C16H18FNO/c1-11-6-8-12(9-7-11)10-14(18)13-4-3-5-15(19-2)16(13)17/h3-9,14H,10,18H2,1-2H3. The molecule has 0 saturated heterocycles. The van der Waals surface area contributed by atoms with E-state index < -0.39 is 0 Å². The Morgan fingerprint density at radius 3 is 2.47 bits per heavy atom. The number of nitrogens with two attached hydrogens (primary N) is 1. The van der Waals surface area contributed by atoms with Gasteiger partial charge in [0, 0.05) is 11.6 Å². The Morgan fingerprint density at radius 2 is 1.84 bits per heavy atom. The van der Waals surface area contributed by atoms with Gasteiger partial charge in [-0.05, 0) is 25.0 Å². The minimum Gasteiger partial charge on any atom is -0.494 e. The van der Waals surface area contributed by atoms with Crippen molar-refractivity contribution in [3.05, 3.63) is 65.0 Å². The zero-order chi connectivity index (χ0) is 13.8. The molecule has 2 N–H and O–H groups in total. The van der Waals surface area contributed by atoms with E-state index >= 15 is 0 Å². The van der Waals surface area contributed by atoms with Crippen LogP contribution in [0.25, 0.3) is 0 Å². The van der Waals surface area contributed by atoms with E-state index in [0.717, 1.165) is 5.56 Å². The number of ether oxygens (including phenoxy) is 1. The van der Waals surface area contributed by atoms with Gasteiger partial charge in [0.1, 0.15) is 0 Å². The lowest BCUT2D eigenvalue weighted by Crippen LogP contribution is -2.15. The molecule has 1 atom stereocenters. The van der Waals surface area contributed by atoms with Crippen molar-refractivity contribution in [1.82, 2.24) is 0 Å². The van der Waals surface area contributed by atoms with Crippen LogP contribution >= 0.6 is 0 Å². The summed E-state index contributed by atoms with van der Waals surface area (Å²) in [6, 6.07) is 12.8. The predicted molar refractivity (Wildman–Crippen MR) is 74.8 cm³/mol. The van der Waals surface area contributed by atoms with Crippen molar-refractivity contribution in [3.8, 4) is 5.75 Å². The van der Waals surface area contributed by atoms with Crippen LogP contribution in [0.5, 0.6) is 5.75 Å². The smallest absolute Gasteiger partial charge is 0.169 e. The van der Waals surface area contributed by atoms with Crippen molar-refractivity contribution in [2.24, 2.45) is 5.73 Å². The summed E-state index contributed by atoms with van der Waals surface area (Å²) in [5.74, 6) is -0.138. The summed E-state index contributed by atoms with van der Waals surface area (Å²) in [5.41, 5.74) is 8.88. The Balaban J connectivity index is 2.20. The van der Waals surface area contributed by atoms with Crippen LogP contribution in [-0.2, 0) is 6.42 Å². The first kappa shape index (κ1) is 13.6. The van der Waals surface area contributed by atoms with Gasteiger partial charge in [-0.15, -0.1) is 0 Å². The Kier molecular flexibility index (Phi) is 4.17. The minimum atomic E-state index is -0.377. The van der Waals surface area contributed by atoms with E-state index in [2.05, 4.69) is 0 Å². The van der Waals surface area contributed by atoms with Gasteiger partial charge in [-0.1, -0.05) is 42.0 Å². The number of methoxy groups -OCH3 is 1. The lowest BCUT2D eigenvalue weighted by atomic mass is 9.98. The second-order valence-corrected chi connectivity index (χ2v) is 4.66. The molecular formula is C16H18FNO. The number of hydrogen-bond acceptors (Lipinski definition) is 2. The SMILES string of the molecule is COc1cccc(C(N)Cc2ccc(C)cc2)c1F. The topological polar surface area (TPSA) is 35.2 Å². The van der Waals surface area contributed by atoms with Crippen LogP contribution in [-0.4, -0.2) is 7.11 Å². The molecule has 0 aliphatic carbocycles.